The Hall–Kier alpha value is -2.37. The molecule has 1 aliphatic heterocycles. The summed E-state index contributed by atoms with van der Waals surface area (Å²) in [6.45, 7) is 1.55. The molecule has 0 aromatic heterocycles. The summed E-state index contributed by atoms with van der Waals surface area (Å²) in [5, 5.41) is 3.12. The van der Waals surface area contributed by atoms with Crippen molar-refractivity contribution in [3.8, 4) is 5.75 Å². The van der Waals surface area contributed by atoms with Gasteiger partial charge in [-0.15, -0.1) is 0 Å². The van der Waals surface area contributed by atoms with Gasteiger partial charge in [-0.25, -0.2) is 0 Å². The number of rotatable bonds is 7. The smallest absolute Gasteiger partial charge is 0.230 e. The number of hydrogen-bond donors (Lipinski definition) is 1. The van der Waals surface area contributed by atoms with Gasteiger partial charge >= 0.3 is 0 Å². The summed E-state index contributed by atoms with van der Waals surface area (Å²) in [6.07, 6.45) is 1.07. The minimum absolute atomic E-state index is 0.0222. The van der Waals surface area contributed by atoms with Gasteiger partial charge in [0.05, 0.1) is 12.5 Å². The molecule has 5 nitrogen and oxygen atoms in total. The van der Waals surface area contributed by atoms with E-state index in [9.17, 15) is 4.79 Å². The van der Waals surface area contributed by atoms with E-state index in [0.29, 0.717) is 32.6 Å². The standard InChI is InChI=1S/C22H27NO4/c1-25-19-11-7-6-10-18(19)20(26-2)16-23-21(24)22(12-14-27-15-13-22)17-8-4-3-5-9-17/h3-11,20H,12-16H2,1-2H3,(H,23,24). The Morgan fingerprint density at radius 2 is 1.74 bits per heavy atom. The second-order valence-electron chi connectivity index (χ2n) is 6.74. The van der Waals surface area contributed by atoms with Gasteiger partial charge in [0.1, 0.15) is 11.9 Å². The lowest BCUT2D eigenvalue weighted by Crippen LogP contribution is -2.49. The average molecular weight is 369 g/mol. The minimum atomic E-state index is -0.557. The SMILES string of the molecule is COc1ccccc1C(CNC(=O)C1(c2ccccc2)CCOCC1)OC. The largest absolute Gasteiger partial charge is 0.496 e. The van der Waals surface area contributed by atoms with Crippen molar-refractivity contribution in [1.29, 1.82) is 0 Å². The zero-order valence-corrected chi connectivity index (χ0v) is 15.9. The highest BCUT2D eigenvalue weighted by Gasteiger charge is 2.41. The number of benzene rings is 2. The predicted octanol–water partition coefficient (Wildman–Crippen LogP) is 3.25. The Morgan fingerprint density at radius 1 is 1.07 bits per heavy atom. The Kier molecular flexibility index (Phi) is 6.48. The first-order valence-electron chi connectivity index (χ1n) is 9.28. The number of carbonyl (C=O) groups excluding carboxylic acids is 1. The molecule has 1 fully saturated rings. The van der Waals surface area contributed by atoms with Gasteiger partial charge in [-0.1, -0.05) is 48.5 Å². The van der Waals surface area contributed by atoms with Crippen molar-refractivity contribution in [2.24, 2.45) is 0 Å². The molecule has 27 heavy (non-hydrogen) atoms. The molecule has 3 rings (SSSR count). The van der Waals surface area contributed by atoms with Crippen LogP contribution < -0.4 is 10.1 Å². The third-order valence-corrected chi connectivity index (χ3v) is 5.33. The molecule has 0 bridgehead atoms. The molecular formula is C22H27NO4. The summed E-state index contributed by atoms with van der Waals surface area (Å²) in [5.41, 5.74) is 1.40. The fourth-order valence-corrected chi connectivity index (χ4v) is 3.73. The molecule has 1 atom stereocenters. The van der Waals surface area contributed by atoms with Gasteiger partial charge in [0.2, 0.25) is 5.91 Å². The van der Waals surface area contributed by atoms with Gasteiger partial charge in [-0.05, 0) is 24.5 Å². The molecule has 5 heteroatoms. The van der Waals surface area contributed by atoms with Crippen LogP contribution in [-0.4, -0.2) is 39.9 Å². The molecule has 1 heterocycles. The van der Waals surface area contributed by atoms with E-state index < -0.39 is 5.41 Å². The summed E-state index contributed by atoms with van der Waals surface area (Å²) in [7, 11) is 3.28. The van der Waals surface area contributed by atoms with Crippen LogP contribution in [0.3, 0.4) is 0 Å². The second-order valence-corrected chi connectivity index (χ2v) is 6.74. The highest BCUT2D eigenvalue weighted by Crippen LogP contribution is 2.35. The predicted molar refractivity (Wildman–Crippen MR) is 104 cm³/mol. The van der Waals surface area contributed by atoms with Crippen LogP contribution in [0, 0.1) is 0 Å². The van der Waals surface area contributed by atoms with Crippen molar-refractivity contribution in [2.75, 3.05) is 34.0 Å². The van der Waals surface area contributed by atoms with E-state index in [-0.39, 0.29) is 12.0 Å². The van der Waals surface area contributed by atoms with Crippen LogP contribution in [0.1, 0.15) is 30.1 Å². The third kappa shape index (κ3) is 4.15. The van der Waals surface area contributed by atoms with Gasteiger partial charge < -0.3 is 19.5 Å². The molecule has 2 aromatic rings. The normalized spacial score (nSPS) is 17.1. The monoisotopic (exact) mass is 369 g/mol. The zero-order valence-electron chi connectivity index (χ0n) is 15.9. The molecule has 1 unspecified atom stereocenters. The Labute approximate surface area is 160 Å². The fourth-order valence-electron chi connectivity index (χ4n) is 3.73. The Morgan fingerprint density at radius 3 is 2.41 bits per heavy atom. The van der Waals surface area contributed by atoms with E-state index in [1.807, 2.05) is 54.6 Å². The highest BCUT2D eigenvalue weighted by molar-refractivity contribution is 5.88. The first kappa shape index (κ1) is 19.4. The molecule has 1 amide bonds. The average Bonchev–Trinajstić information content (AvgIpc) is 2.75. The molecule has 1 saturated heterocycles. The van der Waals surface area contributed by atoms with Gasteiger partial charge in [0.25, 0.3) is 0 Å². The van der Waals surface area contributed by atoms with Crippen molar-refractivity contribution in [2.45, 2.75) is 24.4 Å². The van der Waals surface area contributed by atoms with Crippen molar-refractivity contribution in [1.82, 2.24) is 5.32 Å². The number of nitrogens with one attached hydrogen (secondary N) is 1. The van der Waals surface area contributed by atoms with Crippen molar-refractivity contribution in [3.05, 3.63) is 65.7 Å². The quantitative estimate of drug-likeness (QED) is 0.814. The van der Waals surface area contributed by atoms with E-state index in [2.05, 4.69) is 5.32 Å². The summed E-state index contributed by atoms with van der Waals surface area (Å²) in [4.78, 5) is 13.3. The van der Waals surface area contributed by atoms with Crippen molar-refractivity contribution >= 4 is 5.91 Å². The molecular weight excluding hydrogens is 342 g/mol. The first-order valence-corrected chi connectivity index (χ1v) is 9.28. The Bertz CT molecular complexity index is 741. The lowest BCUT2D eigenvalue weighted by Gasteiger charge is -2.36. The molecule has 1 aliphatic rings. The van der Waals surface area contributed by atoms with Crippen LogP contribution in [-0.2, 0) is 19.7 Å². The maximum Gasteiger partial charge on any atom is 0.230 e. The Balaban J connectivity index is 1.77. The molecule has 0 radical (unpaired) electrons. The zero-order chi connectivity index (χ0) is 19.1. The van der Waals surface area contributed by atoms with Crippen LogP contribution in [0.15, 0.2) is 54.6 Å². The molecule has 0 spiro atoms. The maximum atomic E-state index is 13.3. The highest BCUT2D eigenvalue weighted by atomic mass is 16.5. The number of para-hydroxylation sites is 1. The van der Waals surface area contributed by atoms with E-state index in [1.165, 1.54) is 0 Å². The lowest BCUT2D eigenvalue weighted by atomic mass is 9.73. The van der Waals surface area contributed by atoms with Crippen LogP contribution in [0.4, 0.5) is 0 Å². The van der Waals surface area contributed by atoms with E-state index in [0.717, 1.165) is 16.9 Å². The lowest BCUT2D eigenvalue weighted by molar-refractivity contribution is -0.131. The molecule has 144 valence electrons. The van der Waals surface area contributed by atoms with Crippen LogP contribution in [0.5, 0.6) is 5.75 Å². The van der Waals surface area contributed by atoms with Crippen LogP contribution >= 0.6 is 0 Å². The van der Waals surface area contributed by atoms with Crippen molar-refractivity contribution in [3.63, 3.8) is 0 Å². The van der Waals surface area contributed by atoms with Crippen LogP contribution in [0.25, 0.3) is 0 Å². The minimum Gasteiger partial charge on any atom is -0.496 e. The topological polar surface area (TPSA) is 56.8 Å². The summed E-state index contributed by atoms with van der Waals surface area (Å²) in [6, 6.07) is 17.7. The van der Waals surface area contributed by atoms with Crippen LogP contribution in [0.2, 0.25) is 0 Å². The number of hydrogen-bond acceptors (Lipinski definition) is 4. The summed E-state index contributed by atoms with van der Waals surface area (Å²) in [5.74, 6) is 0.774. The molecule has 0 saturated carbocycles. The van der Waals surface area contributed by atoms with E-state index >= 15 is 0 Å². The molecule has 2 aromatic carbocycles. The fraction of sp³-hybridized carbons (Fsp3) is 0.409. The van der Waals surface area contributed by atoms with Gasteiger partial charge in [0.15, 0.2) is 0 Å². The molecule has 1 N–H and O–H groups in total. The van der Waals surface area contributed by atoms with E-state index in [1.54, 1.807) is 14.2 Å². The van der Waals surface area contributed by atoms with Crippen molar-refractivity contribution < 1.29 is 19.0 Å². The van der Waals surface area contributed by atoms with Gasteiger partial charge in [-0.3, -0.25) is 4.79 Å². The summed E-state index contributed by atoms with van der Waals surface area (Å²) < 4.78 is 16.6. The number of methoxy groups -OCH3 is 2. The van der Waals surface area contributed by atoms with Gasteiger partial charge in [-0.2, -0.15) is 0 Å². The number of carbonyl (C=O) groups is 1. The molecule has 0 aliphatic carbocycles. The third-order valence-electron chi connectivity index (χ3n) is 5.33. The number of ether oxygens (including phenoxy) is 3. The number of amides is 1. The summed E-state index contributed by atoms with van der Waals surface area (Å²) >= 11 is 0. The van der Waals surface area contributed by atoms with E-state index in [4.69, 9.17) is 14.2 Å². The second kappa shape index (κ2) is 9.02. The first-order chi connectivity index (χ1) is 13.2. The maximum absolute atomic E-state index is 13.3. The van der Waals surface area contributed by atoms with Gasteiger partial charge in [0, 0.05) is 32.4 Å².